The van der Waals surface area contributed by atoms with Crippen molar-refractivity contribution in [2.45, 2.75) is 18.6 Å². The molecule has 1 saturated heterocycles. The molecule has 3 N–H and O–H groups in total. The number of anilines is 1. The molecule has 0 spiro atoms. The Labute approximate surface area is 212 Å². The summed E-state index contributed by atoms with van der Waals surface area (Å²) in [6.45, 7) is 1.97. The number of nitrogens with one attached hydrogen (secondary N) is 2. The monoisotopic (exact) mass is 509 g/mol. The van der Waals surface area contributed by atoms with E-state index in [0.717, 1.165) is 5.56 Å². The summed E-state index contributed by atoms with van der Waals surface area (Å²) in [7, 11) is 1.54. The summed E-state index contributed by atoms with van der Waals surface area (Å²) in [5.41, 5.74) is 2.84. The largest absolute Gasteiger partial charge is 0.486 e. The molecule has 12 heteroatoms. The van der Waals surface area contributed by atoms with Crippen molar-refractivity contribution in [2.75, 3.05) is 44.9 Å². The second kappa shape index (κ2) is 10.7. The second-order valence-electron chi connectivity index (χ2n) is 8.64. The molecule has 3 aromatic rings. The molecular formula is C25H27N5O7. The molecule has 4 heterocycles. The van der Waals surface area contributed by atoms with Crippen molar-refractivity contribution >= 4 is 28.9 Å². The summed E-state index contributed by atoms with van der Waals surface area (Å²) in [4.78, 5) is 34.3. The lowest BCUT2D eigenvalue weighted by Gasteiger charge is -2.21. The highest BCUT2D eigenvalue weighted by Gasteiger charge is 2.33. The first-order chi connectivity index (χ1) is 18.0. The van der Waals surface area contributed by atoms with Crippen LogP contribution in [0.4, 0.5) is 15.3 Å². The molecule has 2 aliphatic heterocycles. The first kappa shape index (κ1) is 24.4. The molecule has 2 aromatic heterocycles. The van der Waals surface area contributed by atoms with Crippen LogP contribution < -0.4 is 29.7 Å². The summed E-state index contributed by atoms with van der Waals surface area (Å²) < 4.78 is 21.9. The van der Waals surface area contributed by atoms with Crippen LogP contribution in [0.15, 0.2) is 42.6 Å². The lowest BCUT2D eigenvalue weighted by Crippen LogP contribution is -2.45. The van der Waals surface area contributed by atoms with E-state index in [0.29, 0.717) is 73.4 Å². The number of hydrogen-bond donors (Lipinski definition) is 3. The minimum atomic E-state index is -1.13. The molecule has 12 nitrogen and oxygen atoms in total. The Morgan fingerprint density at radius 1 is 1.22 bits per heavy atom. The Balaban J connectivity index is 1.21. The van der Waals surface area contributed by atoms with Gasteiger partial charge in [0.2, 0.25) is 5.88 Å². The van der Waals surface area contributed by atoms with E-state index in [4.69, 9.17) is 18.9 Å². The Morgan fingerprint density at radius 3 is 2.86 bits per heavy atom. The number of rotatable bonds is 9. The van der Waals surface area contributed by atoms with Gasteiger partial charge in [-0.3, -0.25) is 9.88 Å². The number of methoxy groups -OCH3 is 1. The van der Waals surface area contributed by atoms with E-state index < -0.39 is 24.3 Å². The molecule has 37 heavy (non-hydrogen) atoms. The van der Waals surface area contributed by atoms with Gasteiger partial charge in [0.15, 0.2) is 11.5 Å². The van der Waals surface area contributed by atoms with E-state index in [1.807, 2.05) is 12.1 Å². The van der Waals surface area contributed by atoms with Crippen LogP contribution >= 0.6 is 0 Å². The first-order valence-corrected chi connectivity index (χ1v) is 11.9. The average molecular weight is 510 g/mol. The van der Waals surface area contributed by atoms with Gasteiger partial charge in [-0.05, 0) is 36.2 Å². The third kappa shape index (κ3) is 5.59. The second-order valence-corrected chi connectivity index (χ2v) is 8.64. The van der Waals surface area contributed by atoms with E-state index in [9.17, 15) is 14.7 Å². The van der Waals surface area contributed by atoms with Crippen molar-refractivity contribution in [1.29, 1.82) is 0 Å². The number of hydrogen-bond acceptors (Lipinski definition) is 9. The normalized spacial score (nSPS) is 17.4. The summed E-state index contributed by atoms with van der Waals surface area (Å²) >= 11 is 0. The zero-order valence-corrected chi connectivity index (χ0v) is 20.2. The van der Waals surface area contributed by atoms with Crippen LogP contribution in [0.5, 0.6) is 17.4 Å². The number of ether oxygens (including phenoxy) is 4. The van der Waals surface area contributed by atoms with Crippen molar-refractivity contribution in [3.63, 3.8) is 0 Å². The number of cyclic esters (lactones) is 1. The Hall–Kier alpha value is -4.32. The predicted molar refractivity (Wildman–Crippen MR) is 133 cm³/mol. The molecule has 0 aliphatic carbocycles. The summed E-state index contributed by atoms with van der Waals surface area (Å²) in [6.07, 6.45) is 0.0620. The molecule has 1 unspecified atom stereocenters. The van der Waals surface area contributed by atoms with E-state index in [-0.39, 0.29) is 0 Å². The number of amides is 2. The van der Waals surface area contributed by atoms with E-state index in [1.54, 1.807) is 35.4 Å². The minimum Gasteiger partial charge on any atom is -0.486 e. The highest BCUT2D eigenvalue weighted by molar-refractivity contribution is 5.90. The third-order valence-corrected chi connectivity index (χ3v) is 6.12. The van der Waals surface area contributed by atoms with E-state index in [1.165, 1.54) is 7.11 Å². The fourth-order valence-electron chi connectivity index (χ4n) is 4.41. The summed E-state index contributed by atoms with van der Waals surface area (Å²) in [6, 6.07) is 10.2. The number of benzene rings is 1. The number of carbonyl (C=O) groups is 2. The molecule has 0 saturated carbocycles. The van der Waals surface area contributed by atoms with E-state index in [2.05, 4.69) is 20.6 Å². The van der Waals surface area contributed by atoms with Crippen LogP contribution in [0, 0.1) is 0 Å². The van der Waals surface area contributed by atoms with Crippen molar-refractivity contribution in [3.05, 3.63) is 48.2 Å². The molecule has 5 rings (SSSR count). The van der Waals surface area contributed by atoms with Crippen LogP contribution in [-0.4, -0.2) is 79.4 Å². The van der Waals surface area contributed by atoms with E-state index >= 15 is 0 Å². The standard InChI is InChI=1S/C25H27N5O7/c1-34-22-5-3-19-23(29-22)15(6-7-27-19)10-16(28-24(31)32)12-26-13-18-14-30(25(33)37-18)17-2-4-20-21(11-17)36-9-8-35-20/h2-7,11,16,18,26,28H,8-10,12-14H2,1H3,(H,31,32)/t16?,18-/m1/s1. The SMILES string of the molecule is COc1ccc2nccc(CC(CNC[C@@H]3CN(c4ccc5c(c4)OCCO5)C(=O)O3)NC(=O)O)c2n1. The van der Waals surface area contributed by atoms with Gasteiger partial charge in [0, 0.05) is 37.5 Å². The van der Waals surface area contributed by atoms with Gasteiger partial charge in [0.05, 0.1) is 30.4 Å². The molecule has 1 fully saturated rings. The maximum Gasteiger partial charge on any atom is 0.414 e. The number of fused-ring (bicyclic) bond motifs is 2. The molecule has 194 valence electrons. The van der Waals surface area contributed by atoms with Gasteiger partial charge >= 0.3 is 12.2 Å². The average Bonchev–Trinajstić information content (AvgIpc) is 3.28. The fourth-order valence-corrected chi connectivity index (χ4v) is 4.41. The van der Waals surface area contributed by atoms with Crippen molar-refractivity contribution in [2.24, 2.45) is 0 Å². The minimum absolute atomic E-state index is 0.318. The van der Waals surface area contributed by atoms with Gasteiger partial charge in [-0.1, -0.05) is 0 Å². The van der Waals surface area contributed by atoms with Crippen LogP contribution in [0.1, 0.15) is 5.56 Å². The Morgan fingerprint density at radius 2 is 2.05 bits per heavy atom. The van der Waals surface area contributed by atoms with Crippen molar-refractivity contribution < 1.29 is 33.6 Å². The van der Waals surface area contributed by atoms with Gasteiger partial charge in [-0.2, -0.15) is 0 Å². The zero-order valence-electron chi connectivity index (χ0n) is 20.2. The molecule has 1 aromatic carbocycles. The maximum atomic E-state index is 12.5. The number of pyridine rings is 2. The third-order valence-electron chi connectivity index (χ3n) is 6.12. The van der Waals surface area contributed by atoms with Gasteiger partial charge in [0.1, 0.15) is 19.3 Å². The quantitative estimate of drug-likeness (QED) is 0.393. The lowest BCUT2D eigenvalue weighted by atomic mass is 10.0. The van der Waals surface area contributed by atoms with Gasteiger partial charge in [-0.15, -0.1) is 0 Å². The Kier molecular flexibility index (Phi) is 7.08. The van der Waals surface area contributed by atoms with Gasteiger partial charge < -0.3 is 34.7 Å². The summed E-state index contributed by atoms with van der Waals surface area (Å²) in [5.74, 6) is 1.69. The number of aromatic nitrogens is 2. The maximum absolute atomic E-state index is 12.5. The summed E-state index contributed by atoms with van der Waals surface area (Å²) in [5, 5.41) is 15.1. The molecule has 0 radical (unpaired) electrons. The number of carbonyl (C=O) groups excluding carboxylic acids is 1. The smallest absolute Gasteiger partial charge is 0.414 e. The number of nitrogens with zero attached hydrogens (tertiary/aromatic N) is 3. The van der Waals surface area contributed by atoms with Crippen LogP contribution in [0.25, 0.3) is 11.0 Å². The molecule has 2 atom stereocenters. The van der Waals surface area contributed by atoms with Gasteiger partial charge in [-0.25, -0.2) is 14.6 Å². The van der Waals surface area contributed by atoms with Crippen LogP contribution in [-0.2, 0) is 11.2 Å². The lowest BCUT2D eigenvalue weighted by molar-refractivity contribution is 0.140. The van der Waals surface area contributed by atoms with Crippen LogP contribution in [0.3, 0.4) is 0 Å². The zero-order chi connectivity index (χ0) is 25.8. The predicted octanol–water partition coefficient (Wildman–Crippen LogP) is 2.20. The Bertz CT molecular complexity index is 1300. The highest BCUT2D eigenvalue weighted by Crippen LogP contribution is 2.35. The molecule has 2 aliphatic rings. The van der Waals surface area contributed by atoms with Gasteiger partial charge in [0.25, 0.3) is 0 Å². The highest BCUT2D eigenvalue weighted by atomic mass is 16.6. The molecule has 2 amide bonds. The fraction of sp³-hybridized carbons (Fsp3) is 0.360. The van der Waals surface area contributed by atoms with Crippen molar-refractivity contribution in [3.8, 4) is 17.4 Å². The number of carboxylic acid groups (broad SMARTS) is 1. The van der Waals surface area contributed by atoms with Crippen molar-refractivity contribution in [1.82, 2.24) is 20.6 Å². The van der Waals surface area contributed by atoms with Crippen LogP contribution in [0.2, 0.25) is 0 Å². The molecular weight excluding hydrogens is 482 g/mol. The first-order valence-electron chi connectivity index (χ1n) is 11.9. The topological polar surface area (TPSA) is 144 Å². The molecule has 0 bridgehead atoms.